The maximum absolute atomic E-state index is 12.2. The van der Waals surface area contributed by atoms with Gasteiger partial charge >= 0.3 is 0 Å². The molecule has 1 saturated heterocycles. The van der Waals surface area contributed by atoms with Crippen molar-refractivity contribution in [2.75, 3.05) is 19.6 Å². The van der Waals surface area contributed by atoms with E-state index in [2.05, 4.69) is 14.9 Å². The molecule has 1 saturated carbocycles. The van der Waals surface area contributed by atoms with Crippen molar-refractivity contribution in [3.05, 3.63) is 18.7 Å². The summed E-state index contributed by atoms with van der Waals surface area (Å²) in [6, 6.07) is 0. The minimum absolute atomic E-state index is 0.0243. The number of likely N-dealkylation sites (tertiary alicyclic amines) is 1. The van der Waals surface area contributed by atoms with Gasteiger partial charge in [-0.2, -0.15) is 0 Å². The first kappa shape index (κ1) is 14.1. The van der Waals surface area contributed by atoms with E-state index in [4.69, 9.17) is 0 Å². The Labute approximate surface area is 124 Å². The third-order valence-electron chi connectivity index (χ3n) is 4.64. The molecule has 2 heterocycles. The van der Waals surface area contributed by atoms with Gasteiger partial charge in [0.1, 0.15) is 0 Å². The average Bonchev–Trinajstić information content (AvgIpc) is 2.87. The van der Waals surface area contributed by atoms with Crippen molar-refractivity contribution in [2.45, 2.75) is 32.7 Å². The molecule has 1 aromatic heterocycles. The van der Waals surface area contributed by atoms with Crippen LogP contribution in [0.4, 0.5) is 0 Å². The minimum Gasteiger partial charge on any atom is -0.355 e. The molecule has 1 aromatic rings. The van der Waals surface area contributed by atoms with E-state index in [1.807, 2.05) is 19.4 Å². The molecule has 2 fully saturated rings. The quantitative estimate of drug-likeness (QED) is 0.836. The van der Waals surface area contributed by atoms with Gasteiger partial charge in [0.25, 0.3) is 0 Å². The summed E-state index contributed by atoms with van der Waals surface area (Å²) in [4.78, 5) is 29.7. The molecule has 1 N–H and O–H groups in total. The molecule has 6 heteroatoms. The molecule has 3 rings (SSSR count). The van der Waals surface area contributed by atoms with Gasteiger partial charge in [0.15, 0.2) is 0 Å². The van der Waals surface area contributed by atoms with Crippen LogP contribution in [0, 0.1) is 11.3 Å². The number of rotatable bonds is 6. The molecule has 1 aliphatic carbocycles. The highest BCUT2D eigenvalue weighted by Crippen LogP contribution is 2.46. The van der Waals surface area contributed by atoms with Gasteiger partial charge < -0.3 is 14.8 Å². The topological polar surface area (TPSA) is 67.2 Å². The zero-order valence-corrected chi connectivity index (χ0v) is 12.4. The Morgan fingerprint density at radius 1 is 1.52 bits per heavy atom. The second kappa shape index (κ2) is 5.50. The van der Waals surface area contributed by atoms with Gasteiger partial charge in [0.05, 0.1) is 12.2 Å². The second-order valence-electron chi connectivity index (χ2n) is 6.29. The normalized spacial score (nSPS) is 23.4. The zero-order chi connectivity index (χ0) is 14.9. The third kappa shape index (κ3) is 3.09. The number of aromatic nitrogens is 2. The first-order chi connectivity index (χ1) is 10.1. The van der Waals surface area contributed by atoms with Gasteiger partial charge in [-0.05, 0) is 19.8 Å². The Morgan fingerprint density at radius 2 is 2.33 bits per heavy atom. The monoisotopic (exact) mass is 290 g/mol. The number of amides is 2. The molecular formula is C15H22N4O2. The van der Waals surface area contributed by atoms with E-state index < -0.39 is 0 Å². The molecule has 21 heavy (non-hydrogen) atoms. The van der Waals surface area contributed by atoms with Gasteiger partial charge in [-0.15, -0.1) is 0 Å². The highest BCUT2D eigenvalue weighted by atomic mass is 16.2. The van der Waals surface area contributed by atoms with Crippen molar-refractivity contribution in [2.24, 2.45) is 11.3 Å². The van der Waals surface area contributed by atoms with Crippen LogP contribution in [0.2, 0.25) is 0 Å². The first-order valence-corrected chi connectivity index (χ1v) is 7.63. The van der Waals surface area contributed by atoms with Gasteiger partial charge in [-0.1, -0.05) is 0 Å². The lowest BCUT2D eigenvalue weighted by atomic mass is 10.1. The Kier molecular flexibility index (Phi) is 3.69. The van der Waals surface area contributed by atoms with Crippen LogP contribution in [-0.4, -0.2) is 45.9 Å². The predicted molar refractivity (Wildman–Crippen MR) is 77.3 cm³/mol. The molecule has 0 spiro atoms. The molecule has 2 amide bonds. The number of carbonyl (C=O) groups excluding carboxylic acids is 2. The molecule has 0 radical (unpaired) electrons. The molecule has 0 unspecified atom stereocenters. The van der Waals surface area contributed by atoms with E-state index in [1.54, 1.807) is 11.1 Å². The largest absolute Gasteiger partial charge is 0.355 e. The minimum atomic E-state index is -0.179. The summed E-state index contributed by atoms with van der Waals surface area (Å²) in [6.07, 6.45) is 8.17. The van der Waals surface area contributed by atoms with Gasteiger partial charge in [-0.25, -0.2) is 4.98 Å². The average molecular weight is 290 g/mol. The van der Waals surface area contributed by atoms with E-state index in [9.17, 15) is 9.59 Å². The number of imidazole rings is 1. The van der Waals surface area contributed by atoms with Gasteiger partial charge in [0.2, 0.25) is 11.8 Å². The summed E-state index contributed by atoms with van der Waals surface area (Å²) in [7, 11) is 0. The smallest absolute Gasteiger partial charge is 0.225 e. The standard InChI is InChI=1S/C15H22N4O2/c1-2-19-8-12(7-13(19)20)14(21)17-9-15(3-4-15)10-18-6-5-16-11-18/h5-6,11-12H,2-4,7-10H2,1H3,(H,17,21)/t12-/m0/s1. The first-order valence-electron chi connectivity index (χ1n) is 7.63. The molecule has 0 bridgehead atoms. The maximum atomic E-state index is 12.2. The number of nitrogens with one attached hydrogen (secondary N) is 1. The number of hydrogen-bond acceptors (Lipinski definition) is 3. The summed E-state index contributed by atoms with van der Waals surface area (Å²) >= 11 is 0. The Morgan fingerprint density at radius 3 is 2.90 bits per heavy atom. The Bertz CT molecular complexity index is 522. The summed E-state index contributed by atoms with van der Waals surface area (Å²) in [6.45, 7) is 4.80. The fourth-order valence-corrected chi connectivity index (χ4v) is 3.01. The summed E-state index contributed by atoms with van der Waals surface area (Å²) < 4.78 is 2.07. The Balaban J connectivity index is 1.49. The van der Waals surface area contributed by atoms with Crippen LogP contribution in [0.5, 0.6) is 0 Å². The summed E-state index contributed by atoms with van der Waals surface area (Å²) in [5.41, 5.74) is 0.184. The number of hydrogen-bond donors (Lipinski definition) is 1. The number of carbonyl (C=O) groups is 2. The van der Waals surface area contributed by atoms with E-state index in [0.29, 0.717) is 26.1 Å². The highest BCUT2D eigenvalue weighted by Gasteiger charge is 2.43. The van der Waals surface area contributed by atoms with Crippen LogP contribution in [0.15, 0.2) is 18.7 Å². The van der Waals surface area contributed by atoms with E-state index in [1.165, 1.54) is 0 Å². The molecule has 1 aliphatic heterocycles. The SMILES string of the molecule is CCN1C[C@@H](C(=O)NCC2(Cn3ccnc3)CC2)CC1=O. The summed E-state index contributed by atoms with van der Waals surface area (Å²) in [5.74, 6) is -0.0603. The molecule has 114 valence electrons. The van der Waals surface area contributed by atoms with E-state index >= 15 is 0 Å². The fraction of sp³-hybridized carbons (Fsp3) is 0.667. The van der Waals surface area contributed by atoms with E-state index in [-0.39, 0.29) is 23.1 Å². The van der Waals surface area contributed by atoms with Crippen molar-refractivity contribution in [3.63, 3.8) is 0 Å². The van der Waals surface area contributed by atoms with Crippen LogP contribution in [0.25, 0.3) is 0 Å². The van der Waals surface area contributed by atoms with Crippen molar-refractivity contribution in [1.29, 1.82) is 0 Å². The Hall–Kier alpha value is -1.85. The lowest BCUT2D eigenvalue weighted by Gasteiger charge is -2.18. The third-order valence-corrected chi connectivity index (χ3v) is 4.64. The lowest BCUT2D eigenvalue weighted by molar-refractivity contribution is -0.128. The van der Waals surface area contributed by atoms with Crippen LogP contribution in [-0.2, 0) is 16.1 Å². The fourth-order valence-electron chi connectivity index (χ4n) is 3.01. The summed E-state index contributed by atoms with van der Waals surface area (Å²) in [5, 5.41) is 3.05. The second-order valence-corrected chi connectivity index (χ2v) is 6.29. The van der Waals surface area contributed by atoms with Crippen LogP contribution in [0.3, 0.4) is 0 Å². The maximum Gasteiger partial charge on any atom is 0.225 e. The van der Waals surface area contributed by atoms with Gasteiger partial charge in [0, 0.05) is 50.4 Å². The molecule has 1 atom stereocenters. The van der Waals surface area contributed by atoms with Crippen LogP contribution in [0.1, 0.15) is 26.2 Å². The highest BCUT2D eigenvalue weighted by molar-refractivity contribution is 5.89. The molecule has 0 aromatic carbocycles. The van der Waals surface area contributed by atoms with Crippen LogP contribution < -0.4 is 5.32 Å². The molecule has 6 nitrogen and oxygen atoms in total. The van der Waals surface area contributed by atoms with Crippen molar-refractivity contribution in [1.82, 2.24) is 19.8 Å². The lowest BCUT2D eigenvalue weighted by Crippen LogP contribution is -2.37. The predicted octanol–water partition coefficient (Wildman–Crippen LogP) is 0.648. The zero-order valence-electron chi connectivity index (χ0n) is 12.4. The van der Waals surface area contributed by atoms with Gasteiger partial charge in [-0.3, -0.25) is 9.59 Å². The molecule has 2 aliphatic rings. The van der Waals surface area contributed by atoms with E-state index in [0.717, 1.165) is 19.4 Å². The van der Waals surface area contributed by atoms with Crippen molar-refractivity contribution >= 4 is 11.8 Å². The molecular weight excluding hydrogens is 268 g/mol. The number of nitrogens with zero attached hydrogens (tertiary/aromatic N) is 3. The van der Waals surface area contributed by atoms with Crippen LogP contribution >= 0.6 is 0 Å². The van der Waals surface area contributed by atoms with Crippen molar-refractivity contribution in [3.8, 4) is 0 Å². The van der Waals surface area contributed by atoms with Crippen molar-refractivity contribution < 1.29 is 9.59 Å².